The molecule has 7 aromatic rings. The van der Waals surface area contributed by atoms with E-state index in [1.807, 2.05) is 107 Å². The van der Waals surface area contributed by atoms with Crippen molar-refractivity contribution in [1.29, 1.82) is 0 Å². The van der Waals surface area contributed by atoms with Crippen molar-refractivity contribution in [2.45, 2.75) is 56.3 Å². The molecule has 8 atom stereocenters. The van der Waals surface area contributed by atoms with Crippen molar-refractivity contribution in [2.75, 3.05) is 58.1 Å². The zero-order valence-electron chi connectivity index (χ0n) is 44.5. The number of aromatic nitrogens is 8. The first-order chi connectivity index (χ1) is 39.1. The van der Waals surface area contributed by atoms with Crippen molar-refractivity contribution in [3.8, 4) is 45.6 Å². The van der Waals surface area contributed by atoms with Crippen LogP contribution in [0.15, 0.2) is 97.1 Å². The van der Waals surface area contributed by atoms with E-state index < -0.39 is 112 Å². The van der Waals surface area contributed by atoms with Crippen molar-refractivity contribution >= 4 is 86.3 Å². The van der Waals surface area contributed by atoms with Crippen LogP contribution in [-0.2, 0) is 56.5 Å². The van der Waals surface area contributed by atoms with E-state index in [2.05, 4.69) is 9.22 Å². The summed E-state index contributed by atoms with van der Waals surface area (Å²) in [6.45, 7) is -3.22. The number of sulfonamides is 2. The zero-order valence-corrected chi connectivity index (χ0v) is 48.7. The molecular formula is C50H62CuN10O20S4-2. The van der Waals surface area contributed by atoms with E-state index >= 15 is 0 Å². The van der Waals surface area contributed by atoms with Crippen LogP contribution in [0.2, 0.25) is 0 Å². The molecule has 469 valence electrons. The third-order valence-corrected chi connectivity index (χ3v) is 12.9. The number of fused-ring (bicyclic) bond motifs is 20. The summed E-state index contributed by atoms with van der Waals surface area (Å²) in [4.78, 5) is 43.2. The van der Waals surface area contributed by atoms with Gasteiger partial charge in [0.15, 0.2) is 0 Å². The quantitative estimate of drug-likeness (QED) is 0.00846. The van der Waals surface area contributed by atoms with Crippen LogP contribution in [-0.4, -0.2) is 218 Å². The van der Waals surface area contributed by atoms with E-state index in [9.17, 15) is 52.6 Å². The number of aliphatic hydroxyl groups is 10. The van der Waals surface area contributed by atoms with E-state index in [0.717, 1.165) is 68.4 Å². The third kappa shape index (κ3) is 21.6. The molecule has 0 fully saturated rings. The van der Waals surface area contributed by atoms with E-state index in [1.165, 1.54) is 0 Å². The minimum Gasteiger partial charge on any atom is -0.831 e. The van der Waals surface area contributed by atoms with Crippen LogP contribution in [0.3, 0.4) is 0 Å². The maximum atomic E-state index is 10.7. The van der Waals surface area contributed by atoms with Crippen LogP contribution in [0, 0.1) is 0 Å². The van der Waals surface area contributed by atoms with Crippen LogP contribution >= 0.6 is 12.0 Å². The van der Waals surface area contributed by atoms with Crippen molar-refractivity contribution in [2.24, 2.45) is 0 Å². The van der Waals surface area contributed by atoms with Gasteiger partial charge in [0.05, 0.1) is 71.3 Å². The molecule has 0 saturated carbocycles. The number of aliphatic hydroxyl groups excluding tert-OH is 10. The Morgan fingerprint density at radius 2 is 0.741 bits per heavy atom. The standard InChI is InChI=1S/C32H16N8.2C7H17NO7S.C2H5O3S.CH4O3S.CH4.Cu/c1-2-10-18-17(9-1)25-33-26(18)38-28-21-13-5-6-14-22(21)30(35-28)40-32-24-16-8-7-15-23(24)31(36-32)39-29-20-12-4-3-11-19(20)27(34-29)37-25;2*1-16(14,15)8-2-4(10)6(12)7(13)5(11)3-9;1-6-5-4-2-3;1-5(2,3)4;;/h1-16H;2*4-13H,2-3H2,1H3;2H2,1H3;1H3,(H,2,3,4);1H4;/q-2;;;-1;;;+2/p-1. The molecule has 0 amide bonds. The average molecular weight is 1310 g/mol. The molecule has 5 heterocycles. The Kier molecular flexibility index (Phi) is 28.9. The fraction of sp³-hybridized carbons (Fsp3) is 0.360. The largest absolute Gasteiger partial charge is 2.00 e. The second-order valence-electron chi connectivity index (χ2n) is 17.7. The van der Waals surface area contributed by atoms with Crippen LogP contribution in [0.5, 0.6) is 0 Å². The van der Waals surface area contributed by atoms with Crippen molar-refractivity contribution in [3.63, 3.8) is 0 Å². The molecule has 9 rings (SSSR count). The van der Waals surface area contributed by atoms with Crippen LogP contribution in [0.1, 0.15) is 7.43 Å². The van der Waals surface area contributed by atoms with Gasteiger partial charge in [-0.2, -0.15) is 4.33 Å². The van der Waals surface area contributed by atoms with Gasteiger partial charge in [-0.3, -0.25) is 0 Å². The summed E-state index contributed by atoms with van der Waals surface area (Å²) in [7, 11) is -11.0. The predicted molar refractivity (Wildman–Crippen MR) is 305 cm³/mol. The molecule has 30 nitrogen and oxygen atoms in total. The second-order valence-corrected chi connectivity index (χ2v) is 23.2. The summed E-state index contributed by atoms with van der Waals surface area (Å²) in [5, 5.41) is 103. The van der Waals surface area contributed by atoms with Gasteiger partial charge in [0.25, 0.3) is 0 Å². The summed E-state index contributed by atoms with van der Waals surface area (Å²) < 4.78 is 77.8. The number of benzene rings is 4. The molecule has 1 radical (unpaired) electrons. The minimum absolute atomic E-state index is 0. The number of hydrogen-bond donors (Lipinski definition) is 12. The van der Waals surface area contributed by atoms with Crippen LogP contribution in [0.4, 0.5) is 0 Å². The maximum absolute atomic E-state index is 10.7. The molecule has 3 aromatic heterocycles. The third-order valence-electron chi connectivity index (χ3n) is 11.3. The first-order valence-electron chi connectivity index (χ1n) is 24.0. The van der Waals surface area contributed by atoms with E-state index in [1.54, 1.807) is 6.26 Å². The van der Waals surface area contributed by atoms with Crippen molar-refractivity contribution in [1.82, 2.24) is 49.3 Å². The normalized spacial score (nSPS) is 14.5. The Bertz CT molecular complexity index is 3420. The van der Waals surface area contributed by atoms with E-state index in [-0.39, 0.29) is 24.5 Å². The number of nitrogens with zero attached hydrogens (tertiary/aromatic N) is 8. The van der Waals surface area contributed by atoms with E-state index in [4.69, 9.17) is 73.3 Å². The summed E-state index contributed by atoms with van der Waals surface area (Å²) in [5.41, 5.74) is 5.78. The first-order valence-corrected chi connectivity index (χ1v) is 30.8. The van der Waals surface area contributed by atoms with Crippen molar-refractivity contribution in [3.05, 3.63) is 97.1 Å². The Balaban J connectivity index is 0.000000351. The molecule has 4 aromatic carbocycles. The van der Waals surface area contributed by atoms with Gasteiger partial charge in [0, 0.05) is 89.3 Å². The molecule has 35 heteroatoms. The molecule has 0 aliphatic carbocycles. The number of hydrogen-bond acceptors (Lipinski definition) is 27. The number of rotatable bonds is 17. The maximum Gasteiger partial charge on any atom is 2.00 e. The van der Waals surface area contributed by atoms with Crippen LogP contribution in [0.25, 0.3) is 89.7 Å². The van der Waals surface area contributed by atoms with Gasteiger partial charge in [-0.15, -0.1) is 0 Å². The Hall–Kier alpha value is -5.68. The van der Waals surface area contributed by atoms with Gasteiger partial charge in [-0.05, 0) is 21.5 Å². The van der Waals surface area contributed by atoms with Crippen molar-refractivity contribution < 1.29 is 112 Å². The Morgan fingerprint density at radius 3 is 0.953 bits per heavy atom. The predicted octanol–water partition coefficient (Wildman–Crippen LogP) is -2.60. The van der Waals surface area contributed by atoms with Gasteiger partial charge >= 0.3 is 17.1 Å². The fourth-order valence-corrected chi connectivity index (χ4v) is 8.45. The second kappa shape index (κ2) is 33.4. The van der Waals surface area contributed by atoms with Gasteiger partial charge in [0.2, 0.25) is 20.0 Å². The molecule has 8 unspecified atom stereocenters. The van der Waals surface area contributed by atoms with Crippen LogP contribution < -0.4 is 24.5 Å². The summed E-state index contributed by atoms with van der Waals surface area (Å²) in [6, 6.07) is 31.8. The number of nitrogens with one attached hydrogen (secondary N) is 2. The summed E-state index contributed by atoms with van der Waals surface area (Å²) in [5.74, 6) is 2.21. The molecule has 85 heavy (non-hydrogen) atoms. The minimum atomic E-state index is -3.92. The smallest absolute Gasteiger partial charge is 0.831 e. The van der Waals surface area contributed by atoms with Gasteiger partial charge < -0.3 is 90.6 Å². The summed E-state index contributed by atoms with van der Waals surface area (Å²) in [6.07, 6.45) is -9.46. The topological polar surface area (TPSA) is 499 Å². The zero-order chi connectivity index (χ0) is 61.4. The monoisotopic (exact) mass is 1310 g/mol. The van der Waals surface area contributed by atoms with Gasteiger partial charge in [-0.25, -0.2) is 49.6 Å². The summed E-state index contributed by atoms with van der Waals surface area (Å²) >= 11 is 1.00. The van der Waals surface area contributed by atoms with Gasteiger partial charge in [-0.1, -0.05) is 104 Å². The molecule has 8 bridgehead atoms. The van der Waals surface area contributed by atoms with Gasteiger partial charge in [0.1, 0.15) is 36.6 Å². The molecule has 2 aliphatic rings. The molecule has 12 N–H and O–H groups in total. The SMILES string of the molecule is C.CS(=O)(=O)NCC(O)C(O)C(O)C(O)CO.CS(=O)(=O)NCC(O)C(O)C(O)C(O)CO.CS(=O)(=O)[O-].CSOOC[O-].[Cu+2].c1ccc2c(c1)-c1nc-2nc2[n-]c(nc3nc(nc4[n-]c(n1)c1ccccc41)-c1ccccc1-3)c1ccccc21. The molecule has 0 spiro atoms. The Morgan fingerprint density at radius 1 is 0.494 bits per heavy atom. The average Bonchev–Trinajstić information content (AvgIpc) is 1.80. The van der Waals surface area contributed by atoms with E-state index in [0.29, 0.717) is 52.1 Å². The first kappa shape index (κ1) is 73.6. The fourth-order valence-electron chi connectivity index (χ4n) is 7.37. The molecular weight excluding hydrogens is 1250 g/mol. The molecule has 2 aliphatic heterocycles. The Labute approximate surface area is 502 Å². The molecule has 0 saturated heterocycles.